The first-order valence-corrected chi connectivity index (χ1v) is 9.63. The minimum Gasteiger partial charge on any atom is -0.367 e. The van der Waals surface area contributed by atoms with E-state index in [0.29, 0.717) is 41.6 Å². The van der Waals surface area contributed by atoms with Crippen LogP contribution in [0.1, 0.15) is 43.9 Å². The molecule has 1 amide bonds. The van der Waals surface area contributed by atoms with Crippen molar-refractivity contribution in [1.29, 1.82) is 0 Å². The number of carbonyl (C=O) groups excluding carboxylic acids is 1. The van der Waals surface area contributed by atoms with E-state index in [4.69, 9.17) is 0 Å². The number of alkyl halides is 3. The van der Waals surface area contributed by atoms with Gasteiger partial charge in [0.2, 0.25) is 11.8 Å². The average molecular weight is 398 g/mol. The van der Waals surface area contributed by atoms with Crippen LogP contribution in [0.25, 0.3) is 10.7 Å². The van der Waals surface area contributed by atoms with Gasteiger partial charge in [-0.3, -0.25) is 4.79 Å². The molecule has 27 heavy (non-hydrogen) atoms. The lowest BCUT2D eigenvalue weighted by molar-refractivity contribution is -0.119. The number of amides is 1. The summed E-state index contributed by atoms with van der Waals surface area (Å²) in [6.45, 7) is 1.09. The van der Waals surface area contributed by atoms with Crippen molar-refractivity contribution in [1.82, 2.24) is 15.3 Å². The maximum absolute atomic E-state index is 13.4. The molecule has 1 aliphatic rings. The number of pyridine rings is 1. The van der Waals surface area contributed by atoms with Gasteiger partial charge >= 0.3 is 0 Å². The topological polar surface area (TPSA) is 66.9 Å². The van der Waals surface area contributed by atoms with Crippen LogP contribution in [0.15, 0.2) is 17.5 Å². The summed E-state index contributed by atoms with van der Waals surface area (Å²) in [7, 11) is 0. The lowest BCUT2D eigenvalue weighted by atomic mass is 9.92. The van der Waals surface area contributed by atoms with Gasteiger partial charge < -0.3 is 10.6 Å². The van der Waals surface area contributed by atoms with E-state index in [1.807, 2.05) is 0 Å². The van der Waals surface area contributed by atoms with Crippen molar-refractivity contribution in [3.05, 3.63) is 28.8 Å². The Morgan fingerprint density at radius 3 is 2.67 bits per heavy atom. The lowest BCUT2D eigenvalue weighted by Gasteiger charge is -2.29. The summed E-state index contributed by atoms with van der Waals surface area (Å²) in [5.41, 5.74) is 1.70. The number of anilines is 1. The second-order valence-corrected chi connectivity index (χ2v) is 7.57. The largest absolute Gasteiger partial charge is 0.367 e. The van der Waals surface area contributed by atoms with Crippen LogP contribution in [0, 0.1) is 0 Å². The first kappa shape index (κ1) is 19.6. The third-order valence-electron chi connectivity index (χ3n) is 4.40. The smallest absolute Gasteiger partial charge is 0.248 e. The van der Waals surface area contributed by atoms with Crippen LogP contribution in [-0.2, 0) is 18.0 Å². The van der Waals surface area contributed by atoms with Crippen molar-refractivity contribution in [2.45, 2.75) is 57.8 Å². The quantitative estimate of drug-likeness (QED) is 0.761. The third-order valence-corrected chi connectivity index (χ3v) is 5.32. The Morgan fingerprint density at radius 1 is 1.30 bits per heavy atom. The monoisotopic (exact) mass is 398 g/mol. The average Bonchev–Trinajstić information content (AvgIpc) is 3.11. The predicted molar refractivity (Wildman–Crippen MR) is 98.5 cm³/mol. The summed E-state index contributed by atoms with van der Waals surface area (Å²) in [4.78, 5) is 19.9. The van der Waals surface area contributed by atoms with Crippen molar-refractivity contribution in [2.24, 2.45) is 0 Å². The maximum atomic E-state index is 13.4. The van der Waals surface area contributed by atoms with Crippen LogP contribution in [0.2, 0.25) is 0 Å². The number of aromatic nitrogens is 2. The molecule has 1 saturated carbocycles. The molecule has 0 bridgehead atoms. The van der Waals surface area contributed by atoms with E-state index < -0.39 is 12.6 Å². The molecular formula is C18H21F3N4OS. The zero-order chi connectivity index (χ0) is 19.4. The van der Waals surface area contributed by atoms with Crippen LogP contribution >= 0.6 is 11.3 Å². The van der Waals surface area contributed by atoms with Crippen molar-refractivity contribution >= 4 is 23.1 Å². The Hall–Kier alpha value is -2.16. The van der Waals surface area contributed by atoms with Gasteiger partial charge in [-0.2, -0.15) is 0 Å². The van der Waals surface area contributed by atoms with Gasteiger partial charge in [-0.05, 0) is 30.5 Å². The zero-order valence-electron chi connectivity index (χ0n) is 14.9. The molecule has 2 N–H and O–H groups in total. The standard InChI is InChI=1S/C18H21F3N4OS/c1-11(26)22-9-12-6-15(17-24-14(8-19)10-27-17)25-16(7-12)23-13-2-4-18(20,21)5-3-13/h6-7,10,13H,2-5,8-9H2,1H3,(H,22,26)(H,23,25). The van der Waals surface area contributed by atoms with Crippen molar-refractivity contribution in [2.75, 3.05) is 5.32 Å². The van der Waals surface area contributed by atoms with E-state index in [0.717, 1.165) is 5.56 Å². The SMILES string of the molecule is CC(=O)NCc1cc(NC2CCC(F)(F)CC2)nc(-c2nc(CF)cs2)c1. The van der Waals surface area contributed by atoms with Crippen LogP contribution in [0.5, 0.6) is 0 Å². The molecule has 9 heteroatoms. The van der Waals surface area contributed by atoms with Crippen molar-refractivity contribution in [3.63, 3.8) is 0 Å². The molecule has 2 heterocycles. The molecule has 0 atom stereocenters. The summed E-state index contributed by atoms with van der Waals surface area (Å²) in [6, 6.07) is 3.49. The number of nitrogens with zero attached hydrogens (tertiary/aromatic N) is 2. The summed E-state index contributed by atoms with van der Waals surface area (Å²) < 4.78 is 39.5. The van der Waals surface area contributed by atoms with E-state index in [1.165, 1.54) is 18.3 Å². The second-order valence-electron chi connectivity index (χ2n) is 6.71. The van der Waals surface area contributed by atoms with E-state index in [1.54, 1.807) is 17.5 Å². The van der Waals surface area contributed by atoms with Crippen LogP contribution < -0.4 is 10.6 Å². The van der Waals surface area contributed by atoms with Gasteiger partial charge in [0, 0.05) is 37.7 Å². The highest BCUT2D eigenvalue weighted by Crippen LogP contribution is 2.34. The van der Waals surface area contributed by atoms with Crippen LogP contribution in [0.3, 0.4) is 0 Å². The molecule has 0 aromatic carbocycles. The highest BCUT2D eigenvalue weighted by molar-refractivity contribution is 7.13. The predicted octanol–water partition coefficient (Wildman–Crippen LogP) is 4.30. The number of halogens is 3. The molecule has 2 aromatic heterocycles. The molecule has 0 unspecified atom stereocenters. The van der Waals surface area contributed by atoms with E-state index in [9.17, 15) is 18.0 Å². The Bertz CT molecular complexity index is 802. The van der Waals surface area contributed by atoms with Gasteiger partial charge in [0.05, 0.1) is 5.69 Å². The first-order chi connectivity index (χ1) is 12.8. The van der Waals surface area contributed by atoms with E-state index in [2.05, 4.69) is 20.6 Å². The highest BCUT2D eigenvalue weighted by atomic mass is 32.1. The van der Waals surface area contributed by atoms with Gasteiger partial charge in [-0.15, -0.1) is 11.3 Å². The fraction of sp³-hybridized carbons (Fsp3) is 0.500. The fourth-order valence-corrected chi connectivity index (χ4v) is 3.74. The molecule has 5 nitrogen and oxygen atoms in total. The lowest BCUT2D eigenvalue weighted by Crippen LogP contribution is -2.32. The van der Waals surface area contributed by atoms with Gasteiger partial charge in [-0.25, -0.2) is 23.1 Å². The summed E-state index contributed by atoms with van der Waals surface area (Å²) >= 11 is 1.29. The molecule has 0 aliphatic heterocycles. The number of nitrogens with one attached hydrogen (secondary N) is 2. The van der Waals surface area contributed by atoms with Gasteiger partial charge in [0.1, 0.15) is 23.2 Å². The number of thiazole rings is 1. The van der Waals surface area contributed by atoms with E-state index >= 15 is 0 Å². The van der Waals surface area contributed by atoms with Crippen molar-refractivity contribution in [3.8, 4) is 10.7 Å². The van der Waals surface area contributed by atoms with Crippen LogP contribution in [0.4, 0.5) is 19.0 Å². The Kier molecular flexibility index (Phi) is 5.98. The number of rotatable bonds is 6. The molecule has 2 aromatic rings. The molecule has 1 aliphatic carbocycles. The summed E-state index contributed by atoms with van der Waals surface area (Å²) in [5, 5.41) is 8.16. The minimum absolute atomic E-state index is 0.0845. The Labute approximate surface area is 159 Å². The molecule has 0 saturated heterocycles. The number of carbonyl (C=O) groups is 1. The molecule has 0 radical (unpaired) electrons. The normalized spacial score (nSPS) is 16.9. The first-order valence-electron chi connectivity index (χ1n) is 8.75. The van der Waals surface area contributed by atoms with Gasteiger partial charge in [0.25, 0.3) is 0 Å². The second kappa shape index (κ2) is 8.24. The molecular weight excluding hydrogens is 377 g/mol. The molecule has 0 spiro atoms. The molecule has 1 fully saturated rings. The molecule has 146 valence electrons. The molecule has 3 rings (SSSR count). The zero-order valence-corrected chi connectivity index (χ0v) is 15.7. The Balaban J connectivity index is 1.82. The number of hydrogen-bond donors (Lipinski definition) is 2. The van der Waals surface area contributed by atoms with Gasteiger partial charge in [0.15, 0.2) is 0 Å². The third kappa shape index (κ3) is 5.41. The van der Waals surface area contributed by atoms with Gasteiger partial charge in [-0.1, -0.05) is 0 Å². The maximum Gasteiger partial charge on any atom is 0.248 e. The summed E-state index contributed by atoms with van der Waals surface area (Å²) in [5.74, 6) is -2.21. The Morgan fingerprint density at radius 2 is 2.04 bits per heavy atom. The minimum atomic E-state index is -2.59. The number of hydrogen-bond acceptors (Lipinski definition) is 5. The highest BCUT2D eigenvalue weighted by Gasteiger charge is 2.35. The summed E-state index contributed by atoms with van der Waals surface area (Å²) in [6.07, 6.45) is 0.442. The fourth-order valence-electron chi connectivity index (χ4n) is 2.98. The van der Waals surface area contributed by atoms with Crippen LogP contribution in [-0.4, -0.2) is 27.8 Å². The van der Waals surface area contributed by atoms with E-state index in [-0.39, 0.29) is 24.8 Å². The van der Waals surface area contributed by atoms with Crippen molar-refractivity contribution < 1.29 is 18.0 Å².